The summed E-state index contributed by atoms with van der Waals surface area (Å²) >= 11 is 0. The molecule has 0 saturated heterocycles. The molecule has 14 heavy (non-hydrogen) atoms. The molecule has 0 aliphatic rings. The lowest BCUT2D eigenvalue weighted by molar-refractivity contribution is 0.934. The van der Waals surface area contributed by atoms with Crippen molar-refractivity contribution < 1.29 is 0 Å². The normalized spacial score (nSPS) is 9.71. The van der Waals surface area contributed by atoms with E-state index in [1.54, 1.807) is 4.52 Å². The number of nitrogens with zero attached hydrogens (tertiary/aromatic N) is 3. The fraction of sp³-hybridized carbons (Fsp3) is 0.400. The Morgan fingerprint density at radius 3 is 2.57 bits per heavy atom. The summed E-state index contributed by atoms with van der Waals surface area (Å²) in [7, 11) is 0. The molecule has 2 aromatic heterocycles. The van der Waals surface area contributed by atoms with Crippen molar-refractivity contribution in [1.82, 2.24) is 14.6 Å². The molecule has 0 radical (unpaired) electrons. The fourth-order valence-electron chi connectivity index (χ4n) is 1.15. The third kappa shape index (κ3) is 1.69. The molecule has 76 valence electrons. The van der Waals surface area contributed by atoms with Gasteiger partial charge in [-0.25, -0.2) is 9.50 Å². The van der Waals surface area contributed by atoms with Crippen LogP contribution >= 0.6 is 0 Å². The summed E-state index contributed by atoms with van der Waals surface area (Å²) in [6.07, 6.45) is 1.86. The summed E-state index contributed by atoms with van der Waals surface area (Å²) in [5.74, 6) is 0.549. The number of rotatable bonds is 0. The Bertz CT molecular complexity index is 431. The van der Waals surface area contributed by atoms with Crippen molar-refractivity contribution in [2.45, 2.75) is 27.7 Å². The maximum Gasteiger partial charge on any atom is 0.160 e. The summed E-state index contributed by atoms with van der Waals surface area (Å²) in [5, 5.41) is 4.09. The van der Waals surface area contributed by atoms with Gasteiger partial charge in [0, 0.05) is 17.5 Å². The van der Waals surface area contributed by atoms with E-state index in [1.807, 2.05) is 40.0 Å². The highest BCUT2D eigenvalue weighted by Crippen LogP contribution is 2.13. The van der Waals surface area contributed by atoms with Crippen molar-refractivity contribution in [1.29, 1.82) is 0 Å². The molecule has 0 aliphatic carbocycles. The summed E-state index contributed by atoms with van der Waals surface area (Å²) < 4.78 is 1.69. The first-order chi connectivity index (χ1) is 6.68. The Kier molecular flexibility index (Phi) is 3.06. The molecule has 0 fully saturated rings. The van der Waals surface area contributed by atoms with Gasteiger partial charge in [0.25, 0.3) is 0 Å². The molecule has 0 unspecified atom stereocenters. The minimum atomic E-state index is 0.549. The lowest BCUT2D eigenvalue weighted by Gasteiger charge is -1.93. The molecule has 2 N–H and O–H groups in total. The first-order valence-electron chi connectivity index (χ1n) is 4.76. The van der Waals surface area contributed by atoms with Crippen molar-refractivity contribution in [2.24, 2.45) is 0 Å². The van der Waals surface area contributed by atoms with Gasteiger partial charge in [-0.2, -0.15) is 0 Å². The van der Waals surface area contributed by atoms with Crippen molar-refractivity contribution in [2.75, 3.05) is 5.73 Å². The van der Waals surface area contributed by atoms with Gasteiger partial charge in [-0.3, -0.25) is 0 Å². The van der Waals surface area contributed by atoms with Gasteiger partial charge in [0.1, 0.15) is 0 Å². The zero-order chi connectivity index (χ0) is 10.7. The van der Waals surface area contributed by atoms with Gasteiger partial charge in [-0.05, 0) is 19.9 Å². The Labute approximate surface area is 83.8 Å². The van der Waals surface area contributed by atoms with Crippen LogP contribution in [0, 0.1) is 13.8 Å². The highest BCUT2D eigenvalue weighted by Gasteiger charge is 2.05. The first-order valence-corrected chi connectivity index (χ1v) is 4.76. The molecule has 0 aliphatic heterocycles. The van der Waals surface area contributed by atoms with Gasteiger partial charge in [0.15, 0.2) is 11.5 Å². The van der Waals surface area contributed by atoms with E-state index in [9.17, 15) is 0 Å². The summed E-state index contributed by atoms with van der Waals surface area (Å²) in [6, 6.07) is 1.90. The van der Waals surface area contributed by atoms with Crippen LogP contribution in [-0.2, 0) is 0 Å². The van der Waals surface area contributed by atoms with Crippen LogP contribution in [0.15, 0.2) is 12.3 Å². The Hall–Kier alpha value is -1.58. The van der Waals surface area contributed by atoms with Gasteiger partial charge < -0.3 is 5.73 Å². The predicted molar refractivity (Wildman–Crippen MR) is 58.2 cm³/mol. The van der Waals surface area contributed by atoms with E-state index in [0.717, 1.165) is 16.9 Å². The van der Waals surface area contributed by atoms with Gasteiger partial charge >= 0.3 is 0 Å². The second-order valence-corrected chi connectivity index (χ2v) is 2.85. The van der Waals surface area contributed by atoms with Crippen LogP contribution in [0.2, 0.25) is 0 Å². The van der Waals surface area contributed by atoms with Gasteiger partial charge in [-0.1, -0.05) is 13.8 Å². The van der Waals surface area contributed by atoms with E-state index in [-0.39, 0.29) is 0 Å². The first kappa shape index (κ1) is 10.5. The van der Waals surface area contributed by atoms with Crippen molar-refractivity contribution in [3.8, 4) is 0 Å². The molecular formula is C10H16N4. The average molecular weight is 192 g/mol. The maximum absolute atomic E-state index is 5.63. The largest absolute Gasteiger partial charge is 0.382 e. The summed E-state index contributed by atoms with van der Waals surface area (Å²) in [5.41, 5.74) is 8.39. The molecule has 0 aromatic carbocycles. The van der Waals surface area contributed by atoms with Crippen LogP contribution < -0.4 is 5.73 Å². The van der Waals surface area contributed by atoms with Crippen molar-refractivity contribution in [3.63, 3.8) is 0 Å². The van der Waals surface area contributed by atoms with Crippen LogP contribution in [0.25, 0.3) is 5.65 Å². The minimum absolute atomic E-state index is 0.549. The van der Waals surface area contributed by atoms with E-state index in [1.165, 1.54) is 0 Å². The third-order valence-electron chi connectivity index (χ3n) is 1.89. The zero-order valence-corrected chi connectivity index (χ0v) is 9.07. The number of nitrogens with two attached hydrogens (primary N) is 1. The van der Waals surface area contributed by atoms with Gasteiger partial charge in [0.05, 0.1) is 0 Å². The van der Waals surface area contributed by atoms with Gasteiger partial charge in [0.2, 0.25) is 0 Å². The molecule has 0 saturated carbocycles. The molecule has 2 rings (SSSR count). The Morgan fingerprint density at radius 1 is 1.29 bits per heavy atom. The molecule has 4 heteroatoms. The fourth-order valence-corrected chi connectivity index (χ4v) is 1.15. The van der Waals surface area contributed by atoms with E-state index in [4.69, 9.17) is 5.73 Å². The Morgan fingerprint density at radius 2 is 1.93 bits per heavy atom. The standard InChI is InChI=1S/C8H10N4.C2H6/c1-5-3-4-12-8(10-5)6(2)7(9)11-12;1-2/h3-4H,1-2H3,(H2,9,11);1-2H3. The monoisotopic (exact) mass is 192 g/mol. The number of hydrogen-bond acceptors (Lipinski definition) is 3. The van der Waals surface area contributed by atoms with E-state index < -0.39 is 0 Å². The number of aryl methyl sites for hydroxylation is 2. The molecule has 0 bridgehead atoms. The molecule has 0 amide bonds. The SMILES string of the molecule is CC.Cc1ccn2nc(N)c(C)c2n1. The predicted octanol–water partition coefficient (Wildman–Crippen LogP) is 1.95. The lowest BCUT2D eigenvalue weighted by Crippen LogP contribution is -1.91. The number of nitrogen functional groups attached to an aromatic ring is 1. The molecule has 0 atom stereocenters. The van der Waals surface area contributed by atoms with E-state index in [2.05, 4.69) is 10.1 Å². The number of fused-ring (bicyclic) bond motifs is 1. The molecule has 0 spiro atoms. The third-order valence-corrected chi connectivity index (χ3v) is 1.89. The highest BCUT2D eigenvalue weighted by molar-refractivity contribution is 5.57. The number of aromatic nitrogens is 3. The maximum atomic E-state index is 5.63. The van der Waals surface area contributed by atoms with Crippen molar-refractivity contribution >= 4 is 11.5 Å². The van der Waals surface area contributed by atoms with Crippen LogP contribution in [0.3, 0.4) is 0 Å². The smallest absolute Gasteiger partial charge is 0.160 e. The molecule has 2 aromatic rings. The molecule has 4 nitrogen and oxygen atoms in total. The topological polar surface area (TPSA) is 56.2 Å². The second-order valence-electron chi connectivity index (χ2n) is 2.85. The summed E-state index contributed by atoms with van der Waals surface area (Å²) in [4.78, 5) is 4.32. The van der Waals surface area contributed by atoms with Crippen LogP contribution in [0.1, 0.15) is 25.1 Å². The van der Waals surface area contributed by atoms with Crippen LogP contribution in [0.5, 0.6) is 0 Å². The molecule has 2 heterocycles. The van der Waals surface area contributed by atoms with Crippen LogP contribution in [0.4, 0.5) is 5.82 Å². The summed E-state index contributed by atoms with van der Waals surface area (Å²) in [6.45, 7) is 7.87. The van der Waals surface area contributed by atoms with Gasteiger partial charge in [-0.15, -0.1) is 5.10 Å². The van der Waals surface area contributed by atoms with Crippen molar-refractivity contribution in [3.05, 3.63) is 23.5 Å². The lowest BCUT2D eigenvalue weighted by atomic mass is 10.3. The quantitative estimate of drug-likeness (QED) is 0.694. The van der Waals surface area contributed by atoms with E-state index >= 15 is 0 Å². The van der Waals surface area contributed by atoms with Crippen LogP contribution in [-0.4, -0.2) is 14.6 Å². The average Bonchev–Trinajstić information content (AvgIpc) is 2.48. The van der Waals surface area contributed by atoms with E-state index in [0.29, 0.717) is 5.82 Å². The minimum Gasteiger partial charge on any atom is -0.382 e. The molecular weight excluding hydrogens is 176 g/mol. The number of anilines is 1. The second kappa shape index (κ2) is 4.09. The zero-order valence-electron chi connectivity index (χ0n) is 9.07. The highest BCUT2D eigenvalue weighted by atomic mass is 15.3. The Balaban J connectivity index is 0.000000461. The number of hydrogen-bond donors (Lipinski definition) is 1.